The molecule has 1 aliphatic rings. The number of nitrogens with zero attached hydrogens (tertiary/aromatic N) is 2. The Bertz CT molecular complexity index is 1010. The lowest BCUT2D eigenvalue weighted by atomic mass is 10.1. The first-order chi connectivity index (χ1) is 14.4. The normalized spacial score (nSPS) is 14.8. The highest BCUT2D eigenvalue weighted by molar-refractivity contribution is 7.89. The summed E-state index contributed by atoms with van der Waals surface area (Å²) in [6.07, 6.45) is 3.63. The van der Waals surface area contributed by atoms with E-state index in [1.165, 1.54) is 35.7 Å². The van der Waals surface area contributed by atoms with E-state index in [1.807, 2.05) is 0 Å². The monoisotopic (exact) mass is 429 g/mol. The number of rotatable bonds is 7. The molecule has 8 heteroatoms. The molecule has 0 atom stereocenters. The van der Waals surface area contributed by atoms with E-state index in [2.05, 4.69) is 6.58 Å². The summed E-state index contributed by atoms with van der Waals surface area (Å²) in [4.78, 5) is 13.0. The van der Waals surface area contributed by atoms with Gasteiger partial charge in [0, 0.05) is 18.8 Å². The number of amides is 1. The second-order valence-corrected chi connectivity index (χ2v) is 9.00. The lowest BCUT2D eigenvalue weighted by molar-refractivity contribution is -0.245. The fourth-order valence-corrected chi connectivity index (χ4v) is 5.08. The predicted molar refractivity (Wildman–Crippen MR) is 113 cm³/mol. The quantitative estimate of drug-likeness (QED) is 0.631. The smallest absolute Gasteiger partial charge is 0.243 e. The van der Waals surface area contributed by atoms with Crippen molar-refractivity contribution in [3.63, 3.8) is 0 Å². The maximum absolute atomic E-state index is 12.8. The molecular weight excluding hydrogens is 404 g/mol. The van der Waals surface area contributed by atoms with Crippen molar-refractivity contribution in [3.8, 4) is 5.75 Å². The molecule has 3 rings (SSSR count). The van der Waals surface area contributed by atoms with Crippen LogP contribution in [0.3, 0.4) is 0 Å². The largest absolute Gasteiger partial charge is 0.529 e. The number of carboxylic acid groups (broad SMARTS) is 1. The summed E-state index contributed by atoms with van der Waals surface area (Å²) in [5.74, 6) is 0.364. The van der Waals surface area contributed by atoms with Gasteiger partial charge in [0.15, 0.2) is 0 Å². The van der Waals surface area contributed by atoms with Crippen LogP contribution in [0.15, 0.2) is 60.0 Å². The van der Waals surface area contributed by atoms with Crippen molar-refractivity contribution in [2.75, 3.05) is 25.1 Å². The zero-order valence-corrected chi connectivity index (χ0v) is 17.7. The molecule has 0 aliphatic carbocycles. The average Bonchev–Trinajstić information content (AvgIpc) is 2.75. The SMILES string of the molecule is C=CCc1ccc(N(C(=O)[O-])c2ccc(S(=O)(=O)N3CCCCC3)cc2)c(OC)c1. The highest BCUT2D eigenvalue weighted by Crippen LogP contribution is 2.35. The van der Waals surface area contributed by atoms with E-state index in [-0.39, 0.29) is 16.3 Å². The van der Waals surface area contributed by atoms with Gasteiger partial charge in [-0.2, -0.15) is 4.31 Å². The summed E-state index contributed by atoms with van der Waals surface area (Å²) in [6, 6.07) is 10.9. The molecule has 0 saturated carbocycles. The number of methoxy groups -OCH3 is 1. The summed E-state index contributed by atoms with van der Waals surface area (Å²) in [5.41, 5.74) is 1.48. The van der Waals surface area contributed by atoms with Crippen molar-refractivity contribution in [2.45, 2.75) is 30.6 Å². The number of hydrogen-bond acceptors (Lipinski definition) is 5. The molecule has 2 aromatic carbocycles. The van der Waals surface area contributed by atoms with Gasteiger partial charge in [-0.3, -0.25) is 4.90 Å². The zero-order chi connectivity index (χ0) is 21.7. The number of carbonyl (C=O) groups excluding carboxylic acids is 1. The molecule has 1 fully saturated rings. The van der Waals surface area contributed by atoms with Crippen molar-refractivity contribution in [1.29, 1.82) is 0 Å². The van der Waals surface area contributed by atoms with E-state index in [1.54, 1.807) is 24.3 Å². The van der Waals surface area contributed by atoms with Crippen LogP contribution in [0.5, 0.6) is 5.75 Å². The highest BCUT2D eigenvalue weighted by Gasteiger charge is 2.26. The van der Waals surface area contributed by atoms with Crippen LogP contribution in [-0.4, -0.2) is 39.0 Å². The van der Waals surface area contributed by atoms with E-state index in [9.17, 15) is 18.3 Å². The molecule has 30 heavy (non-hydrogen) atoms. The Labute approximate surface area is 177 Å². The lowest BCUT2D eigenvalue weighted by Crippen LogP contribution is -2.38. The molecule has 0 unspecified atom stereocenters. The third-order valence-electron chi connectivity index (χ3n) is 5.10. The maximum atomic E-state index is 12.8. The van der Waals surface area contributed by atoms with Gasteiger partial charge >= 0.3 is 0 Å². The van der Waals surface area contributed by atoms with Crippen LogP contribution >= 0.6 is 0 Å². The first-order valence-electron chi connectivity index (χ1n) is 9.77. The Balaban J connectivity index is 1.94. The molecule has 7 nitrogen and oxygen atoms in total. The third-order valence-corrected chi connectivity index (χ3v) is 7.01. The molecule has 0 spiro atoms. The zero-order valence-electron chi connectivity index (χ0n) is 16.9. The molecule has 1 amide bonds. The van der Waals surface area contributed by atoms with Crippen LogP contribution in [0.2, 0.25) is 0 Å². The van der Waals surface area contributed by atoms with Gasteiger partial charge in [0.25, 0.3) is 0 Å². The number of carbonyl (C=O) groups is 1. The second-order valence-electron chi connectivity index (χ2n) is 7.06. The molecular formula is C22H25N2O5S-. The van der Waals surface area contributed by atoms with Crippen molar-refractivity contribution < 1.29 is 23.1 Å². The minimum atomic E-state index is -3.60. The minimum absolute atomic E-state index is 0.139. The van der Waals surface area contributed by atoms with Gasteiger partial charge in [0.05, 0.1) is 17.7 Å². The van der Waals surface area contributed by atoms with Crippen molar-refractivity contribution in [2.24, 2.45) is 0 Å². The third kappa shape index (κ3) is 4.49. The highest BCUT2D eigenvalue weighted by atomic mass is 32.2. The molecule has 1 aliphatic heterocycles. The van der Waals surface area contributed by atoms with Crippen LogP contribution in [0, 0.1) is 0 Å². The number of piperidine rings is 1. The Hall–Kier alpha value is -2.84. The van der Waals surface area contributed by atoms with Crippen molar-refractivity contribution in [3.05, 3.63) is 60.7 Å². The number of benzene rings is 2. The number of sulfonamides is 1. The van der Waals surface area contributed by atoms with Crippen LogP contribution in [0.1, 0.15) is 24.8 Å². The van der Waals surface area contributed by atoms with Crippen molar-refractivity contribution in [1.82, 2.24) is 4.31 Å². The molecule has 160 valence electrons. The second kappa shape index (κ2) is 9.32. The number of hydrogen-bond donors (Lipinski definition) is 0. The summed E-state index contributed by atoms with van der Waals surface area (Å²) in [7, 11) is -2.14. The van der Waals surface area contributed by atoms with Gasteiger partial charge in [-0.25, -0.2) is 8.42 Å². The molecule has 1 saturated heterocycles. The molecule has 0 aromatic heterocycles. The first-order valence-corrected chi connectivity index (χ1v) is 11.2. The maximum Gasteiger partial charge on any atom is 0.243 e. The van der Waals surface area contributed by atoms with E-state index in [0.29, 0.717) is 25.3 Å². The average molecular weight is 430 g/mol. The van der Waals surface area contributed by atoms with Gasteiger partial charge in [-0.1, -0.05) is 18.6 Å². The van der Waals surface area contributed by atoms with Crippen LogP contribution < -0.4 is 14.7 Å². The van der Waals surface area contributed by atoms with Gasteiger partial charge in [-0.15, -0.1) is 6.58 Å². The fourth-order valence-electron chi connectivity index (χ4n) is 3.56. The van der Waals surface area contributed by atoms with E-state index in [4.69, 9.17) is 4.74 Å². The Morgan fingerprint density at radius 1 is 1.17 bits per heavy atom. The molecule has 2 aromatic rings. The van der Waals surface area contributed by atoms with Crippen LogP contribution in [-0.2, 0) is 16.4 Å². The Morgan fingerprint density at radius 3 is 2.40 bits per heavy atom. The number of ether oxygens (including phenoxy) is 1. The van der Waals surface area contributed by atoms with Crippen molar-refractivity contribution >= 4 is 27.5 Å². The first kappa shape index (κ1) is 21.9. The standard InChI is InChI=1S/C22H26N2O5S/c1-3-7-17-8-13-20(21(16-17)29-2)24(22(25)26)18-9-11-19(12-10-18)30(27,28)23-14-5-4-6-15-23/h3,8-13,16H,1,4-7,14-15H2,2H3,(H,25,26)/p-1. The van der Waals surface area contributed by atoms with Crippen LogP contribution in [0.4, 0.5) is 16.2 Å². The summed E-state index contributed by atoms with van der Waals surface area (Å²) in [6.45, 7) is 4.71. The lowest BCUT2D eigenvalue weighted by Gasteiger charge is -2.28. The Kier molecular flexibility index (Phi) is 6.79. The van der Waals surface area contributed by atoms with Gasteiger partial charge in [0.1, 0.15) is 11.8 Å². The van der Waals surface area contributed by atoms with Gasteiger partial charge < -0.3 is 14.6 Å². The van der Waals surface area contributed by atoms with Gasteiger partial charge in [-0.05, 0) is 61.2 Å². The Morgan fingerprint density at radius 2 is 1.83 bits per heavy atom. The van der Waals surface area contributed by atoms with Gasteiger partial charge in [0.2, 0.25) is 10.0 Å². The van der Waals surface area contributed by atoms with E-state index < -0.39 is 16.1 Å². The van der Waals surface area contributed by atoms with Crippen LogP contribution in [0.25, 0.3) is 0 Å². The van der Waals surface area contributed by atoms with E-state index >= 15 is 0 Å². The summed E-state index contributed by atoms with van der Waals surface area (Å²) < 4.78 is 32.5. The predicted octanol–water partition coefficient (Wildman–Crippen LogP) is 3.08. The molecule has 1 heterocycles. The summed E-state index contributed by atoms with van der Waals surface area (Å²) in [5, 5.41) is 11.9. The fraction of sp³-hybridized carbons (Fsp3) is 0.318. The number of anilines is 2. The molecule has 0 N–H and O–H groups in total. The molecule has 0 bridgehead atoms. The number of allylic oxidation sites excluding steroid dienone is 1. The topological polar surface area (TPSA) is 90.0 Å². The minimum Gasteiger partial charge on any atom is -0.529 e. The molecule has 0 radical (unpaired) electrons. The van der Waals surface area contributed by atoms with E-state index in [0.717, 1.165) is 29.7 Å². The summed E-state index contributed by atoms with van der Waals surface area (Å²) >= 11 is 0.